The van der Waals surface area contributed by atoms with Crippen molar-refractivity contribution in [3.8, 4) is 0 Å². The number of hydrogen-bond acceptors (Lipinski definition) is 6. The number of carbonyl (C=O) groups is 1. The summed E-state index contributed by atoms with van der Waals surface area (Å²) in [4.78, 5) is 11.6. The van der Waals surface area contributed by atoms with E-state index in [1.54, 1.807) is 18.8 Å². The van der Waals surface area contributed by atoms with Crippen molar-refractivity contribution in [3.05, 3.63) is 18.2 Å². The maximum absolute atomic E-state index is 11.6. The summed E-state index contributed by atoms with van der Waals surface area (Å²) in [5.74, 6) is 1.93. The van der Waals surface area contributed by atoms with Crippen LogP contribution in [-0.2, 0) is 0 Å². The Balaban J connectivity index is 2.53. The van der Waals surface area contributed by atoms with Gasteiger partial charge in [-0.2, -0.15) is 16.1 Å². The van der Waals surface area contributed by atoms with E-state index in [0.717, 1.165) is 23.1 Å². The second-order valence-corrected chi connectivity index (χ2v) is 5.06. The molecule has 7 heteroatoms. The number of nitrogens with zero attached hydrogens (tertiary/aromatic N) is 1. The summed E-state index contributed by atoms with van der Waals surface area (Å²) in [6, 6.07) is 0. The van der Waals surface area contributed by atoms with E-state index >= 15 is 0 Å². The number of hydrogen-bond donors (Lipinski definition) is 3. The summed E-state index contributed by atoms with van der Waals surface area (Å²) in [7, 11) is 1.57. The van der Waals surface area contributed by atoms with Gasteiger partial charge in [0.2, 0.25) is 0 Å². The molecule has 0 saturated carbocycles. The number of nitrogen functional groups attached to an aromatic ring is 1. The van der Waals surface area contributed by atoms with Gasteiger partial charge in [0.05, 0.1) is 0 Å². The van der Waals surface area contributed by atoms with E-state index in [4.69, 9.17) is 5.73 Å². The minimum atomic E-state index is -0.211. The molecule has 1 aromatic heterocycles. The summed E-state index contributed by atoms with van der Waals surface area (Å²) in [5.41, 5.74) is 6.09. The van der Waals surface area contributed by atoms with Crippen LogP contribution in [0.25, 0.3) is 0 Å². The summed E-state index contributed by atoms with van der Waals surface area (Å²) >= 11 is 2.98. The maximum Gasteiger partial charge on any atom is 0.257 e. The van der Waals surface area contributed by atoms with E-state index in [2.05, 4.69) is 21.6 Å². The first-order valence-electron chi connectivity index (χ1n) is 5.10. The van der Waals surface area contributed by atoms with Crippen LogP contribution in [0.1, 0.15) is 10.4 Å². The number of nitrogens with one attached hydrogen (secondary N) is 2. The Morgan fingerprint density at radius 3 is 3.12 bits per heavy atom. The van der Waals surface area contributed by atoms with Gasteiger partial charge in [-0.15, -0.1) is 6.58 Å². The highest BCUT2D eigenvalue weighted by molar-refractivity contribution is 7.99. The maximum atomic E-state index is 11.6. The first-order valence-corrected chi connectivity index (χ1v) is 7.03. The zero-order chi connectivity index (χ0) is 12.7. The van der Waals surface area contributed by atoms with Gasteiger partial charge >= 0.3 is 0 Å². The SMILES string of the molecule is C=CCSCCNc1snc(N)c1C(=O)NC. The quantitative estimate of drug-likeness (QED) is 0.516. The molecule has 0 spiro atoms. The number of carbonyl (C=O) groups excluding carboxylic acids is 1. The van der Waals surface area contributed by atoms with Crippen LogP contribution >= 0.6 is 23.3 Å². The highest BCUT2D eigenvalue weighted by Crippen LogP contribution is 2.26. The number of aromatic nitrogens is 1. The van der Waals surface area contributed by atoms with Crippen LogP contribution in [0.4, 0.5) is 10.8 Å². The van der Waals surface area contributed by atoms with Gasteiger partial charge in [-0.25, -0.2) is 0 Å². The highest BCUT2D eigenvalue weighted by atomic mass is 32.2. The van der Waals surface area contributed by atoms with Crippen LogP contribution in [0.15, 0.2) is 12.7 Å². The van der Waals surface area contributed by atoms with Crippen LogP contribution in [0.3, 0.4) is 0 Å². The van der Waals surface area contributed by atoms with Crippen molar-refractivity contribution < 1.29 is 4.79 Å². The van der Waals surface area contributed by atoms with Gasteiger partial charge in [0, 0.05) is 25.1 Å². The zero-order valence-electron chi connectivity index (χ0n) is 9.66. The molecule has 0 radical (unpaired) electrons. The standard InChI is InChI=1S/C10H16N4OS2/c1-3-5-16-6-4-13-10-7(9(15)12-2)8(11)14-17-10/h3,13H,1,4-6H2,2H3,(H2,11,14)(H,12,15). The van der Waals surface area contributed by atoms with E-state index < -0.39 is 0 Å². The Morgan fingerprint density at radius 2 is 2.47 bits per heavy atom. The first-order chi connectivity index (χ1) is 8.20. The predicted octanol–water partition coefficient (Wildman–Crippen LogP) is 1.42. The van der Waals surface area contributed by atoms with Crippen LogP contribution in [0.5, 0.6) is 0 Å². The Morgan fingerprint density at radius 1 is 1.71 bits per heavy atom. The number of rotatable bonds is 7. The lowest BCUT2D eigenvalue weighted by molar-refractivity contribution is 0.0965. The molecule has 0 saturated heterocycles. The van der Waals surface area contributed by atoms with Crippen molar-refractivity contribution in [2.45, 2.75) is 0 Å². The fourth-order valence-corrected chi connectivity index (χ4v) is 2.49. The molecule has 17 heavy (non-hydrogen) atoms. The highest BCUT2D eigenvalue weighted by Gasteiger charge is 2.17. The van der Waals surface area contributed by atoms with Crippen molar-refractivity contribution in [2.24, 2.45) is 0 Å². The molecule has 1 amide bonds. The molecule has 0 aliphatic carbocycles. The molecule has 0 aliphatic heterocycles. The van der Waals surface area contributed by atoms with E-state index in [0.29, 0.717) is 5.56 Å². The normalized spacial score (nSPS) is 9.94. The number of thioether (sulfide) groups is 1. The molecule has 94 valence electrons. The topological polar surface area (TPSA) is 80.0 Å². The van der Waals surface area contributed by atoms with Crippen molar-refractivity contribution in [3.63, 3.8) is 0 Å². The largest absolute Gasteiger partial charge is 0.382 e. The summed E-state index contributed by atoms with van der Waals surface area (Å²) in [6.07, 6.45) is 1.87. The number of nitrogens with two attached hydrogens (primary N) is 1. The van der Waals surface area contributed by atoms with Crippen LogP contribution < -0.4 is 16.4 Å². The minimum absolute atomic E-state index is 0.211. The van der Waals surface area contributed by atoms with E-state index in [-0.39, 0.29) is 11.7 Å². The first kappa shape index (κ1) is 13.9. The van der Waals surface area contributed by atoms with Crippen molar-refractivity contribution >= 4 is 40.0 Å². The third kappa shape index (κ3) is 3.94. The summed E-state index contributed by atoms with van der Waals surface area (Å²) in [6.45, 7) is 4.42. The van der Waals surface area contributed by atoms with Crippen LogP contribution in [-0.4, -0.2) is 35.4 Å². The van der Waals surface area contributed by atoms with Crippen LogP contribution in [0.2, 0.25) is 0 Å². The lowest BCUT2D eigenvalue weighted by atomic mass is 10.3. The summed E-state index contributed by atoms with van der Waals surface area (Å²) < 4.78 is 3.97. The van der Waals surface area contributed by atoms with E-state index in [1.807, 2.05) is 6.08 Å². The average molecular weight is 272 g/mol. The van der Waals surface area contributed by atoms with E-state index in [9.17, 15) is 4.79 Å². The second kappa shape index (κ2) is 7.18. The van der Waals surface area contributed by atoms with Crippen LogP contribution in [0, 0.1) is 0 Å². The lowest BCUT2D eigenvalue weighted by Gasteiger charge is -2.05. The lowest BCUT2D eigenvalue weighted by Crippen LogP contribution is -2.20. The molecule has 0 fully saturated rings. The average Bonchev–Trinajstić information content (AvgIpc) is 2.69. The molecule has 1 aromatic rings. The third-order valence-corrected chi connectivity index (χ3v) is 3.72. The molecule has 0 bridgehead atoms. The molecule has 0 atom stereocenters. The monoisotopic (exact) mass is 272 g/mol. The van der Waals surface area contributed by atoms with Gasteiger partial charge in [-0.1, -0.05) is 6.08 Å². The molecular weight excluding hydrogens is 256 g/mol. The Labute approximate surface area is 109 Å². The summed E-state index contributed by atoms with van der Waals surface area (Å²) in [5, 5.41) is 6.44. The van der Waals surface area contributed by atoms with Crippen molar-refractivity contribution in [1.82, 2.24) is 9.69 Å². The molecule has 0 aromatic carbocycles. The Hall–Kier alpha value is -1.21. The molecule has 1 rings (SSSR count). The van der Waals surface area contributed by atoms with Crippen molar-refractivity contribution in [2.75, 3.05) is 36.1 Å². The molecule has 0 unspecified atom stereocenters. The van der Waals surface area contributed by atoms with Gasteiger partial charge in [0.15, 0.2) is 5.82 Å². The van der Waals surface area contributed by atoms with Gasteiger partial charge in [0.25, 0.3) is 5.91 Å². The second-order valence-electron chi connectivity index (χ2n) is 3.14. The third-order valence-electron chi connectivity index (χ3n) is 1.94. The Bertz CT molecular complexity index is 392. The molecule has 1 heterocycles. The fourth-order valence-electron chi connectivity index (χ4n) is 1.17. The van der Waals surface area contributed by atoms with Gasteiger partial charge in [-0.05, 0) is 11.5 Å². The van der Waals surface area contributed by atoms with Crippen molar-refractivity contribution in [1.29, 1.82) is 0 Å². The Kier molecular flexibility index (Phi) is 5.85. The number of amides is 1. The number of anilines is 2. The molecular formula is C10H16N4OS2. The molecule has 0 aliphatic rings. The van der Waals surface area contributed by atoms with Gasteiger partial charge in [-0.3, -0.25) is 4.79 Å². The van der Waals surface area contributed by atoms with Gasteiger partial charge in [0.1, 0.15) is 10.6 Å². The van der Waals surface area contributed by atoms with E-state index in [1.165, 1.54) is 11.5 Å². The van der Waals surface area contributed by atoms with Gasteiger partial charge < -0.3 is 16.4 Å². The smallest absolute Gasteiger partial charge is 0.257 e. The predicted molar refractivity (Wildman–Crippen MR) is 75.9 cm³/mol. The fraction of sp³-hybridized carbons (Fsp3) is 0.400. The zero-order valence-corrected chi connectivity index (χ0v) is 11.3. The molecule has 4 N–H and O–H groups in total. The molecule has 5 nitrogen and oxygen atoms in total. The minimum Gasteiger partial charge on any atom is -0.382 e.